The molecule has 1 atom stereocenters. The molecule has 5 rings (SSSR count). The molecule has 1 amide bonds. The van der Waals surface area contributed by atoms with Gasteiger partial charge in [-0.1, -0.05) is 36.4 Å². The quantitative estimate of drug-likeness (QED) is 0.251. The van der Waals surface area contributed by atoms with Crippen LogP contribution in [-0.2, 0) is 27.1 Å². The number of amides is 1. The van der Waals surface area contributed by atoms with Crippen LogP contribution in [0.25, 0.3) is 21.5 Å². The smallest absolute Gasteiger partial charge is 0.408 e. The lowest BCUT2D eigenvalue weighted by molar-refractivity contribution is -0.149. The monoisotopic (exact) mass is 497 g/mol. The van der Waals surface area contributed by atoms with E-state index in [1.807, 2.05) is 42.5 Å². The van der Waals surface area contributed by atoms with Crippen LogP contribution in [0.2, 0.25) is 0 Å². The fourth-order valence-corrected chi connectivity index (χ4v) is 4.98. The predicted molar refractivity (Wildman–Crippen MR) is 144 cm³/mol. The normalized spacial score (nSPS) is 17.2. The fourth-order valence-electron chi connectivity index (χ4n) is 4.98. The first-order valence-corrected chi connectivity index (χ1v) is 12.5. The van der Waals surface area contributed by atoms with Crippen molar-refractivity contribution in [1.29, 1.82) is 0 Å². The number of esters is 1. The minimum atomic E-state index is -1.20. The summed E-state index contributed by atoms with van der Waals surface area (Å²) in [5.74, 6) is 0.901. The molecule has 6 nitrogen and oxygen atoms in total. The maximum absolute atomic E-state index is 12.9. The highest BCUT2D eigenvalue weighted by Gasteiger charge is 2.44. The van der Waals surface area contributed by atoms with Crippen molar-refractivity contribution in [3.8, 4) is 11.5 Å². The minimum Gasteiger partial charge on any atom is -0.467 e. The highest BCUT2D eigenvalue weighted by atomic mass is 16.6. The molecule has 1 aliphatic carbocycles. The second kappa shape index (κ2) is 9.43. The van der Waals surface area contributed by atoms with Crippen LogP contribution in [-0.4, -0.2) is 30.3 Å². The van der Waals surface area contributed by atoms with E-state index in [1.165, 1.54) is 17.9 Å². The summed E-state index contributed by atoms with van der Waals surface area (Å²) in [7, 11) is 1.33. The van der Waals surface area contributed by atoms with Gasteiger partial charge < -0.3 is 19.5 Å². The number of carbonyl (C=O) groups excluding carboxylic acids is 2. The fraction of sp³-hybridized carbons (Fsp3) is 0.290. The standard InChI is InChI=1S/C31H31NO5/c1-30(2,3)37-29(34)32-31(28(33)35-4)14-13-20-9-11-27(18-25(20)19-31)36-26-12-10-23-15-21-7-5-6-8-22(21)16-24(23)17-26/h5-12,15-18H,13-14,19H2,1-4H3,(H,32,34). The molecule has 6 heteroatoms. The van der Waals surface area contributed by atoms with Crippen molar-refractivity contribution in [1.82, 2.24) is 5.32 Å². The highest BCUT2D eigenvalue weighted by molar-refractivity contribution is 5.98. The third-order valence-corrected chi connectivity index (χ3v) is 6.72. The van der Waals surface area contributed by atoms with Gasteiger partial charge in [0.1, 0.15) is 22.6 Å². The zero-order valence-corrected chi connectivity index (χ0v) is 21.6. The summed E-state index contributed by atoms with van der Waals surface area (Å²) in [5.41, 5.74) is 0.160. The van der Waals surface area contributed by atoms with Crippen LogP contribution in [0.15, 0.2) is 72.8 Å². The van der Waals surface area contributed by atoms with Crippen molar-refractivity contribution in [2.75, 3.05) is 7.11 Å². The van der Waals surface area contributed by atoms with Crippen LogP contribution < -0.4 is 10.1 Å². The molecule has 0 radical (unpaired) electrons. The largest absolute Gasteiger partial charge is 0.467 e. The number of methoxy groups -OCH3 is 1. The summed E-state index contributed by atoms with van der Waals surface area (Å²) in [6, 6.07) is 24.6. The topological polar surface area (TPSA) is 73.9 Å². The van der Waals surface area contributed by atoms with E-state index in [9.17, 15) is 9.59 Å². The number of aryl methyl sites for hydroxylation is 1. The lowest BCUT2D eigenvalue weighted by Gasteiger charge is -2.36. The Bertz CT molecular complexity index is 1500. The van der Waals surface area contributed by atoms with Crippen molar-refractivity contribution in [2.24, 2.45) is 0 Å². The summed E-state index contributed by atoms with van der Waals surface area (Å²) in [4.78, 5) is 25.5. The van der Waals surface area contributed by atoms with E-state index in [-0.39, 0.29) is 6.42 Å². The molecule has 0 bridgehead atoms. The van der Waals surface area contributed by atoms with Gasteiger partial charge in [-0.05, 0) is 103 Å². The molecule has 190 valence electrons. The second-order valence-corrected chi connectivity index (χ2v) is 10.6. The third kappa shape index (κ3) is 5.24. The van der Waals surface area contributed by atoms with Gasteiger partial charge >= 0.3 is 12.1 Å². The van der Waals surface area contributed by atoms with Crippen molar-refractivity contribution < 1.29 is 23.8 Å². The zero-order valence-electron chi connectivity index (χ0n) is 21.6. The molecule has 0 heterocycles. The van der Waals surface area contributed by atoms with Crippen LogP contribution in [0.1, 0.15) is 38.3 Å². The van der Waals surface area contributed by atoms with Gasteiger partial charge in [0.05, 0.1) is 7.11 Å². The van der Waals surface area contributed by atoms with E-state index in [0.29, 0.717) is 18.6 Å². The average Bonchev–Trinajstić information content (AvgIpc) is 2.85. The molecule has 0 aromatic heterocycles. The summed E-state index contributed by atoms with van der Waals surface area (Å²) in [6.45, 7) is 5.35. The minimum absolute atomic E-state index is 0.287. The van der Waals surface area contributed by atoms with Crippen LogP contribution in [0.5, 0.6) is 11.5 Å². The third-order valence-electron chi connectivity index (χ3n) is 6.72. The summed E-state index contributed by atoms with van der Waals surface area (Å²) in [5, 5.41) is 7.43. The lowest BCUT2D eigenvalue weighted by atomic mass is 9.78. The van der Waals surface area contributed by atoms with Gasteiger partial charge in [-0.2, -0.15) is 0 Å². The van der Waals surface area contributed by atoms with Crippen molar-refractivity contribution in [2.45, 2.75) is 51.2 Å². The molecule has 4 aromatic rings. The Hall–Kier alpha value is -4.06. The molecule has 0 spiro atoms. The van der Waals surface area contributed by atoms with Crippen molar-refractivity contribution in [3.05, 3.63) is 83.9 Å². The van der Waals surface area contributed by atoms with Crippen LogP contribution in [0.3, 0.4) is 0 Å². The molecule has 0 saturated carbocycles. The summed E-state index contributed by atoms with van der Waals surface area (Å²) in [6.07, 6.45) is 0.682. The average molecular weight is 498 g/mol. The van der Waals surface area contributed by atoms with Gasteiger partial charge in [-0.15, -0.1) is 0 Å². The maximum Gasteiger partial charge on any atom is 0.408 e. The molecule has 0 fully saturated rings. The van der Waals surface area contributed by atoms with E-state index < -0.39 is 23.2 Å². The van der Waals surface area contributed by atoms with E-state index in [0.717, 1.165) is 27.6 Å². The van der Waals surface area contributed by atoms with Gasteiger partial charge in [0.15, 0.2) is 0 Å². The van der Waals surface area contributed by atoms with E-state index in [1.54, 1.807) is 20.8 Å². The Morgan fingerprint density at radius 3 is 2.16 bits per heavy atom. The molecule has 37 heavy (non-hydrogen) atoms. The molecule has 0 saturated heterocycles. The van der Waals surface area contributed by atoms with Crippen molar-refractivity contribution in [3.63, 3.8) is 0 Å². The molecule has 1 aliphatic rings. The first kappa shape index (κ1) is 24.6. The van der Waals surface area contributed by atoms with E-state index in [2.05, 4.69) is 35.6 Å². The van der Waals surface area contributed by atoms with Crippen LogP contribution >= 0.6 is 0 Å². The van der Waals surface area contributed by atoms with Gasteiger partial charge in [0, 0.05) is 6.42 Å². The number of benzene rings is 4. The van der Waals surface area contributed by atoms with E-state index in [4.69, 9.17) is 14.2 Å². The molecule has 0 aliphatic heterocycles. The summed E-state index contributed by atoms with van der Waals surface area (Å²) < 4.78 is 16.8. The summed E-state index contributed by atoms with van der Waals surface area (Å²) >= 11 is 0. The molecule has 4 aromatic carbocycles. The SMILES string of the molecule is COC(=O)C1(NC(=O)OC(C)(C)C)CCc2ccc(Oc3ccc4cc5ccccc5cc4c3)cc2C1. The van der Waals surface area contributed by atoms with Gasteiger partial charge in [-0.3, -0.25) is 0 Å². The van der Waals surface area contributed by atoms with Crippen molar-refractivity contribution >= 4 is 33.6 Å². The Kier molecular flexibility index (Phi) is 6.28. The van der Waals surface area contributed by atoms with Crippen LogP contribution in [0, 0.1) is 0 Å². The Balaban J connectivity index is 1.41. The first-order chi connectivity index (χ1) is 17.6. The lowest BCUT2D eigenvalue weighted by Crippen LogP contribution is -2.59. The predicted octanol–water partition coefficient (Wildman–Crippen LogP) is 6.71. The number of fused-ring (bicyclic) bond motifs is 3. The number of alkyl carbamates (subject to hydrolysis) is 1. The zero-order chi connectivity index (χ0) is 26.2. The maximum atomic E-state index is 12.9. The number of carbonyl (C=O) groups is 2. The molecular formula is C31H31NO5. The van der Waals surface area contributed by atoms with Crippen LogP contribution in [0.4, 0.5) is 4.79 Å². The molecular weight excluding hydrogens is 466 g/mol. The number of hydrogen-bond donors (Lipinski definition) is 1. The molecule has 1 unspecified atom stereocenters. The highest BCUT2D eigenvalue weighted by Crippen LogP contribution is 2.35. The number of rotatable bonds is 4. The number of ether oxygens (including phenoxy) is 3. The Labute approximate surface area is 216 Å². The van der Waals surface area contributed by atoms with Gasteiger partial charge in [0.25, 0.3) is 0 Å². The number of nitrogens with one attached hydrogen (secondary N) is 1. The number of hydrogen-bond acceptors (Lipinski definition) is 5. The molecule has 1 N–H and O–H groups in total. The van der Waals surface area contributed by atoms with Gasteiger partial charge in [-0.25, -0.2) is 9.59 Å². The Morgan fingerprint density at radius 1 is 0.811 bits per heavy atom. The first-order valence-electron chi connectivity index (χ1n) is 12.5. The van der Waals surface area contributed by atoms with E-state index >= 15 is 0 Å². The second-order valence-electron chi connectivity index (χ2n) is 10.6. The van der Waals surface area contributed by atoms with Gasteiger partial charge in [0.2, 0.25) is 0 Å². The Morgan fingerprint density at radius 2 is 1.46 bits per heavy atom.